The van der Waals surface area contributed by atoms with E-state index in [1.807, 2.05) is 6.07 Å². The quantitative estimate of drug-likeness (QED) is 0.721. The summed E-state index contributed by atoms with van der Waals surface area (Å²) < 4.78 is 11.5. The summed E-state index contributed by atoms with van der Waals surface area (Å²) >= 11 is 0. The van der Waals surface area contributed by atoms with Crippen molar-refractivity contribution in [2.45, 2.75) is 45.3 Å². The van der Waals surface area contributed by atoms with E-state index in [-0.39, 0.29) is 12.0 Å². The summed E-state index contributed by atoms with van der Waals surface area (Å²) in [7, 11) is 0. The SMILES string of the molecule is CC(=O)NCc1ccc(N2CC(Oc3ccnc(CCC4CCOCC4)n3)C2)cc1. The highest BCUT2D eigenvalue weighted by Crippen LogP contribution is 2.24. The second-order valence-corrected chi connectivity index (χ2v) is 8.13. The smallest absolute Gasteiger partial charge is 0.217 e. The lowest BCUT2D eigenvalue weighted by Crippen LogP contribution is -2.54. The van der Waals surface area contributed by atoms with Crippen LogP contribution < -0.4 is 15.0 Å². The van der Waals surface area contributed by atoms with E-state index >= 15 is 0 Å². The zero-order valence-electron chi connectivity index (χ0n) is 17.5. The Morgan fingerprint density at radius 3 is 2.70 bits per heavy atom. The lowest BCUT2D eigenvalue weighted by Gasteiger charge is -2.40. The molecule has 30 heavy (non-hydrogen) atoms. The van der Waals surface area contributed by atoms with Crippen LogP contribution in [0.3, 0.4) is 0 Å². The number of hydrogen-bond donors (Lipinski definition) is 1. The molecule has 0 saturated carbocycles. The summed E-state index contributed by atoms with van der Waals surface area (Å²) in [5, 5.41) is 2.81. The molecule has 2 aliphatic rings. The number of nitrogens with one attached hydrogen (secondary N) is 1. The normalized spacial score (nSPS) is 17.4. The number of hydrogen-bond acceptors (Lipinski definition) is 6. The minimum atomic E-state index is -0.0155. The van der Waals surface area contributed by atoms with Crippen LogP contribution in [-0.2, 0) is 22.5 Å². The predicted molar refractivity (Wildman–Crippen MR) is 114 cm³/mol. The standard InChI is InChI=1S/C23H30N4O3/c1-17(28)25-14-19-2-5-20(6-3-19)27-15-21(16-27)30-23-8-11-24-22(26-23)7-4-18-9-12-29-13-10-18/h2-3,5-6,8,11,18,21H,4,7,9-10,12-16H2,1H3,(H,25,28). The van der Waals surface area contributed by atoms with E-state index in [0.717, 1.165) is 69.3 Å². The van der Waals surface area contributed by atoms with Gasteiger partial charge in [-0.1, -0.05) is 12.1 Å². The summed E-state index contributed by atoms with van der Waals surface area (Å²) in [4.78, 5) is 22.3. The molecule has 0 spiro atoms. The fourth-order valence-electron chi connectivity index (χ4n) is 3.88. The first-order chi connectivity index (χ1) is 14.7. The molecule has 1 N–H and O–H groups in total. The number of rotatable bonds is 8. The number of carbonyl (C=O) groups is 1. The van der Waals surface area contributed by atoms with Crippen molar-refractivity contribution in [1.82, 2.24) is 15.3 Å². The number of nitrogens with zero attached hydrogens (tertiary/aromatic N) is 3. The van der Waals surface area contributed by atoms with E-state index < -0.39 is 0 Å². The van der Waals surface area contributed by atoms with Crippen molar-refractivity contribution in [2.75, 3.05) is 31.2 Å². The molecule has 7 heteroatoms. The van der Waals surface area contributed by atoms with Gasteiger partial charge in [0.05, 0.1) is 13.1 Å². The minimum absolute atomic E-state index is 0.0155. The van der Waals surface area contributed by atoms with E-state index in [0.29, 0.717) is 12.4 Å². The maximum absolute atomic E-state index is 11.0. The number of anilines is 1. The van der Waals surface area contributed by atoms with Gasteiger partial charge < -0.3 is 19.7 Å². The highest BCUT2D eigenvalue weighted by atomic mass is 16.5. The Balaban J connectivity index is 1.22. The van der Waals surface area contributed by atoms with Crippen molar-refractivity contribution in [1.29, 1.82) is 0 Å². The Bertz CT molecular complexity index is 831. The Labute approximate surface area is 177 Å². The Morgan fingerprint density at radius 1 is 1.20 bits per heavy atom. The first-order valence-corrected chi connectivity index (χ1v) is 10.8. The molecule has 0 unspecified atom stereocenters. The van der Waals surface area contributed by atoms with Gasteiger partial charge in [0, 0.05) is 51.1 Å². The monoisotopic (exact) mass is 410 g/mol. The molecule has 0 radical (unpaired) electrons. The summed E-state index contributed by atoms with van der Waals surface area (Å²) in [5.41, 5.74) is 2.26. The highest BCUT2D eigenvalue weighted by Gasteiger charge is 2.29. The van der Waals surface area contributed by atoms with Gasteiger partial charge in [0.1, 0.15) is 11.9 Å². The molecule has 1 aromatic heterocycles. The molecule has 2 saturated heterocycles. The largest absolute Gasteiger partial charge is 0.470 e. The lowest BCUT2D eigenvalue weighted by atomic mass is 9.95. The zero-order valence-corrected chi connectivity index (χ0v) is 17.5. The second kappa shape index (κ2) is 9.89. The molecule has 4 rings (SSSR count). The molecule has 2 aromatic rings. The fraction of sp³-hybridized carbons (Fsp3) is 0.522. The van der Waals surface area contributed by atoms with Gasteiger partial charge in [-0.3, -0.25) is 4.79 Å². The molecule has 0 aliphatic carbocycles. The number of carbonyl (C=O) groups excluding carboxylic acids is 1. The molecule has 0 atom stereocenters. The summed E-state index contributed by atoms with van der Waals surface area (Å²) in [6.45, 7) is 5.53. The van der Waals surface area contributed by atoms with E-state index in [4.69, 9.17) is 9.47 Å². The van der Waals surface area contributed by atoms with Crippen molar-refractivity contribution < 1.29 is 14.3 Å². The number of ether oxygens (including phenoxy) is 2. The van der Waals surface area contributed by atoms with Gasteiger partial charge >= 0.3 is 0 Å². The average Bonchev–Trinajstić information content (AvgIpc) is 2.75. The third-order valence-electron chi connectivity index (χ3n) is 5.78. The van der Waals surface area contributed by atoms with Crippen molar-refractivity contribution in [3.8, 4) is 5.88 Å². The number of aromatic nitrogens is 2. The minimum Gasteiger partial charge on any atom is -0.470 e. The van der Waals surface area contributed by atoms with Crippen molar-refractivity contribution >= 4 is 11.6 Å². The van der Waals surface area contributed by atoms with Crippen LogP contribution >= 0.6 is 0 Å². The molecule has 160 valence electrons. The van der Waals surface area contributed by atoms with Gasteiger partial charge in [0.2, 0.25) is 11.8 Å². The van der Waals surface area contributed by atoms with Crippen LogP contribution in [0.4, 0.5) is 5.69 Å². The molecule has 2 fully saturated rings. The predicted octanol–water partition coefficient (Wildman–Crippen LogP) is 2.74. The maximum Gasteiger partial charge on any atom is 0.217 e. The zero-order chi connectivity index (χ0) is 20.8. The van der Waals surface area contributed by atoms with Gasteiger partial charge in [-0.05, 0) is 42.9 Å². The molecular weight excluding hydrogens is 380 g/mol. The van der Waals surface area contributed by atoms with Gasteiger partial charge in [-0.15, -0.1) is 0 Å². The van der Waals surface area contributed by atoms with Crippen LogP contribution in [0.25, 0.3) is 0 Å². The lowest BCUT2D eigenvalue weighted by molar-refractivity contribution is -0.119. The van der Waals surface area contributed by atoms with E-state index in [1.54, 1.807) is 6.20 Å². The maximum atomic E-state index is 11.0. The van der Waals surface area contributed by atoms with E-state index in [9.17, 15) is 4.79 Å². The summed E-state index contributed by atoms with van der Waals surface area (Å²) in [5.74, 6) is 2.24. The van der Waals surface area contributed by atoms with Crippen LogP contribution in [0, 0.1) is 5.92 Å². The summed E-state index contributed by atoms with van der Waals surface area (Å²) in [6.07, 6.45) is 6.23. The Hall–Kier alpha value is -2.67. The van der Waals surface area contributed by atoms with Crippen molar-refractivity contribution in [3.63, 3.8) is 0 Å². The number of amides is 1. The van der Waals surface area contributed by atoms with Crippen LogP contribution in [0.2, 0.25) is 0 Å². The molecule has 2 aliphatic heterocycles. The van der Waals surface area contributed by atoms with Crippen LogP contribution in [0.15, 0.2) is 36.5 Å². The van der Waals surface area contributed by atoms with E-state index in [2.05, 4.69) is 44.5 Å². The van der Waals surface area contributed by atoms with Crippen LogP contribution in [-0.4, -0.2) is 48.3 Å². The fourth-order valence-corrected chi connectivity index (χ4v) is 3.88. The molecule has 1 amide bonds. The van der Waals surface area contributed by atoms with Gasteiger partial charge in [-0.2, -0.15) is 4.98 Å². The van der Waals surface area contributed by atoms with E-state index in [1.165, 1.54) is 12.6 Å². The molecule has 7 nitrogen and oxygen atoms in total. The molecule has 0 bridgehead atoms. The van der Waals surface area contributed by atoms with Crippen LogP contribution in [0.1, 0.15) is 37.6 Å². The second-order valence-electron chi connectivity index (χ2n) is 8.13. The highest BCUT2D eigenvalue weighted by molar-refractivity contribution is 5.72. The molecule has 3 heterocycles. The first-order valence-electron chi connectivity index (χ1n) is 10.8. The van der Waals surface area contributed by atoms with Crippen molar-refractivity contribution in [3.05, 3.63) is 47.9 Å². The van der Waals surface area contributed by atoms with Crippen LogP contribution in [0.5, 0.6) is 5.88 Å². The number of aryl methyl sites for hydroxylation is 1. The third-order valence-corrected chi connectivity index (χ3v) is 5.78. The molecule has 1 aromatic carbocycles. The first kappa shape index (κ1) is 20.6. The molecular formula is C23H30N4O3. The Kier molecular flexibility index (Phi) is 6.79. The topological polar surface area (TPSA) is 76.6 Å². The Morgan fingerprint density at radius 2 is 1.97 bits per heavy atom. The number of benzene rings is 1. The van der Waals surface area contributed by atoms with Gasteiger partial charge in [-0.25, -0.2) is 4.98 Å². The average molecular weight is 411 g/mol. The van der Waals surface area contributed by atoms with Gasteiger partial charge in [0.25, 0.3) is 0 Å². The van der Waals surface area contributed by atoms with Crippen molar-refractivity contribution in [2.24, 2.45) is 5.92 Å². The van der Waals surface area contributed by atoms with Gasteiger partial charge in [0.15, 0.2) is 0 Å². The summed E-state index contributed by atoms with van der Waals surface area (Å²) in [6, 6.07) is 10.1. The third kappa shape index (κ3) is 5.69.